The molecule has 0 radical (unpaired) electrons. The zero-order chi connectivity index (χ0) is 18.0. The standard InChI is InChI=1S/C19H20N2O3S/c1-4-12(2)24-15(22)10-21-11-20-18-17(19(21)23)16(13(3)25-18)14-8-6-5-7-9-14/h5-9,11-12H,4,10H2,1-3H3. The van der Waals surface area contributed by atoms with E-state index >= 15 is 0 Å². The quantitative estimate of drug-likeness (QED) is 0.653. The van der Waals surface area contributed by atoms with Gasteiger partial charge < -0.3 is 4.74 Å². The topological polar surface area (TPSA) is 61.2 Å². The summed E-state index contributed by atoms with van der Waals surface area (Å²) >= 11 is 1.49. The lowest BCUT2D eigenvalue weighted by atomic mass is 10.0. The SMILES string of the molecule is CCC(C)OC(=O)Cn1cnc2sc(C)c(-c3ccccc3)c2c1=O. The van der Waals surface area contributed by atoms with Crippen LogP contribution in [0.4, 0.5) is 0 Å². The van der Waals surface area contributed by atoms with Crippen molar-refractivity contribution in [2.24, 2.45) is 0 Å². The summed E-state index contributed by atoms with van der Waals surface area (Å²) in [6, 6.07) is 9.77. The monoisotopic (exact) mass is 356 g/mol. The number of carbonyl (C=O) groups is 1. The zero-order valence-corrected chi connectivity index (χ0v) is 15.3. The van der Waals surface area contributed by atoms with Gasteiger partial charge in [-0.25, -0.2) is 4.98 Å². The Bertz CT molecular complexity index is 960. The van der Waals surface area contributed by atoms with Crippen molar-refractivity contribution in [2.45, 2.75) is 39.8 Å². The maximum atomic E-state index is 12.9. The van der Waals surface area contributed by atoms with Crippen LogP contribution in [0.2, 0.25) is 0 Å². The van der Waals surface area contributed by atoms with E-state index in [-0.39, 0.29) is 18.2 Å². The molecule has 1 atom stereocenters. The van der Waals surface area contributed by atoms with E-state index in [9.17, 15) is 9.59 Å². The molecule has 6 heteroatoms. The number of rotatable bonds is 5. The van der Waals surface area contributed by atoms with E-state index in [0.717, 1.165) is 22.4 Å². The molecule has 0 fully saturated rings. The molecule has 0 N–H and O–H groups in total. The van der Waals surface area contributed by atoms with Crippen LogP contribution in [-0.4, -0.2) is 21.6 Å². The highest BCUT2D eigenvalue weighted by Gasteiger charge is 2.18. The van der Waals surface area contributed by atoms with Crippen molar-refractivity contribution in [3.05, 3.63) is 51.9 Å². The zero-order valence-electron chi connectivity index (χ0n) is 14.5. The first-order valence-electron chi connectivity index (χ1n) is 8.24. The number of benzene rings is 1. The highest BCUT2D eigenvalue weighted by atomic mass is 32.1. The van der Waals surface area contributed by atoms with E-state index in [1.165, 1.54) is 22.2 Å². The third-order valence-electron chi connectivity index (χ3n) is 4.12. The average Bonchev–Trinajstić information content (AvgIpc) is 2.95. The number of hydrogen-bond donors (Lipinski definition) is 0. The third-order valence-corrected chi connectivity index (χ3v) is 5.14. The van der Waals surface area contributed by atoms with Gasteiger partial charge in [-0.05, 0) is 25.8 Å². The fourth-order valence-corrected chi connectivity index (χ4v) is 3.69. The van der Waals surface area contributed by atoms with E-state index in [0.29, 0.717) is 10.2 Å². The molecule has 3 rings (SSSR count). The molecule has 3 aromatic rings. The second-order valence-corrected chi connectivity index (χ2v) is 7.17. The largest absolute Gasteiger partial charge is 0.461 e. The summed E-state index contributed by atoms with van der Waals surface area (Å²) in [5.74, 6) is -0.425. The molecule has 0 aliphatic heterocycles. The van der Waals surface area contributed by atoms with Crippen LogP contribution in [0.15, 0.2) is 41.5 Å². The number of carbonyl (C=O) groups excluding carboxylic acids is 1. The van der Waals surface area contributed by atoms with Gasteiger partial charge in [-0.2, -0.15) is 0 Å². The Hall–Kier alpha value is -2.47. The molecular formula is C19H20N2O3S. The minimum Gasteiger partial charge on any atom is -0.461 e. The highest BCUT2D eigenvalue weighted by Crippen LogP contribution is 2.35. The molecular weight excluding hydrogens is 336 g/mol. The fraction of sp³-hybridized carbons (Fsp3) is 0.316. The lowest BCUT2D eigenvalue weighted by molar-refractivity contribution is -0.149. The summed E-state index contributed by atoms with van der Waals surface area (Å²) < 4.78 is 6.59. The van der Waals surface area contributed by atoms with Crippen molar-refractivity contribution in [3.63, 3.8) is 0 Å². The molecule has 0 saturated heterocycles. The van der Waals surface area contributed by atoms with E-state index < -0.39 is 5.97 Å². The molecule has 5 nitrogen and oxygen atoms in total. The Kier molecular flexibility index (Phi) is 4.99. The van der Waals surface area contributed by atoms with Crippen LogP contribution < -0.4 is 5.56 Å². The van der Waals surface area contributed by atoms with Crippen molar-refractivity contribution in [1.82, 2.24) is 9.55 Å². The molecule has 130 valence electrons. The third kappa shape index (κ3) is 3.49. The molecule has 0 spiro atoms. The van der Waals surface area contributed by atoms with E-state index in [1.54, 1.807) is 0 Å². The predicted octanol–water partition coefficient (Wildman–Crippen LogP) is 3.78. The smallest absolute Gasteiger partial charge is 0.326 e. The molecule has 0 saturated carbocycles. The van der Waals surface area contributed by atoms with E-state index in [2.05, 4.69) is 4.98 Å². The predicted molar refractivity (Wildman–Crippen MR) is 99.9 cm³/mol. The average molecular weight is 356 g/mol. The Morgan fingerprint density at radius 1 is 1.32 bits per heavy atom. The van der Waals surface area contributed by atoms with Gasteiger partial charge in [-0.1, -0.05) is 37.3 Å². The first-order valence-corrected chi connectivity index (χ1v) is 9.06. The van der Waals surface area contributed by atoms with Gasteiger partial charge in [0.15, 0.2) is 0 Å². The fourth-order valence-electron chi connectivity index (χ4n) is 2.69. The Morgan fingerprint density at radius 3 is 2.72 bits per heavy atom. The van der Waals surface area contributed by atoms with Crippen LogP contribution in [-0.2, 0) is 16.1 Å². The van der Waals surface area contributed by atoms with Gasteiger partial charge in [-0.15, -0.1) is 11.3 Å². The van der Waals surface area contributed by atoms with Crippen LogP contribution in [0.5, 0.6) is 0 Å². The summed E-state index contributed by atoms with van der Waals surface area (Å²) in [5, 5.41) is 0.563. The number of aromatic nitrogens is 2. The van der Waals surface area contributed by atoms with Gasteiger partial charge in [0.25, 0.3) is 5.56 Å². The second-order valence-electron chi connectivity index (χ2n) is 5.97. The molecule has 0 aliphatic rings. The van der Waals surface area contributed by atoms with Crippen molar-refractivity contribution < 1.29 is 9.53 Å². The molecule has 1 aromatic carbocycles. The minimum absolute atomic E-state index is 0.130. The van der Waals surface area contributed by atoms with Gasteiger partial charge in [-0.3, -0.25) is 14.2 Å². The molecule has 1 unspecified atom stereocenters. The maximum Gasteiger partial charge on any atom is 0.326 e. The van der Waals surface area contributed by atoms with Crippen molar-refractivity contribution >= 4 is 27.5 Å². The molecule has 0 amide bonds. The summed E-state index contributed by atoms with van der Waals surface area (Å²) in [7, 11) is 0. The molecule has 0 bridgehead atoms. The molecule has 2 aromatic heterocycles. The van der Waals surface area contributed by atoms with E-state index in [1.807, 2.05) is 51.1 Å². The number of nitrogens with zero attached hydrogens (tertiary/aromatic N) is 2. The molecule has 2 heterocycles. The first kappa shape index (κ1) is 17.4. The summed E-state index contributed by atoms with van der Waals surface area (Å²) in [5.41, 5.74) is 1.65. The summed E-state index contributed by atoms with van der Waals surface area (Å²) in [6.07, 6.45) is 2.00. The second kappa shape index (κ2) is 7.19. The van der Waals surface area contributed by atoms with Crippen LogP contribution in [0, 0.1) is 6.92 Å². The number of esters is 1. The highest BCUT2D eigenvalue weighted by molar-refractivity contribution is 7.19. The number of thiophene rings is 1. The normalized spacial score (nSPS) is 12.3. The van der Waals surface area contributed by atoms with Crippen molar-refractivity contribution in [3.8, 4) is 11.1 Å². The van der Waals surface area contributed by atoms with E-state index in [4.69, 9.17) is 4.74 Å². The minimum atomic E-state index is -0.425. The van der Waals surface area contributed by atoms with Crippen LogP contribution in [0.3, 0.4) is 0 Å². The lowest BCUT2D eigenvalue weighted by Crippen LogP contribution is -2.27. The Morgan fingerprint density at radius 2 is 2.04 bits per heavy atom. The Balaban J connectivity index is 2.05. The molecule has 25 heavy (non-hydrogen) atoms. The number of hydrogen-bond acceptors (Lipinski definition) is 5. The number of ether oxygens (including phenoxy) is 1. The van der Waals surface area contributed by atoms with Crippen LogP contribution >= 0.6 is 11.3 Å². The summed E-state index contributed by atoms with van der Waals surface area (Å²) in [4.78, 5) is 31.1. The Labute approximate surface area is 149 Å². The number of fused-ring (bicyclic) bond motifs is 1. The van der Waals surface area contributed by atoms with Gasteiger partial charge >= 0.3 is 5.97 Å². The van der Waals surface area contributed by atoms with Gasteiger partial charge in [0, 0.05) is 10.4 Å². The number of aryl methyl sites for hydroxylation is 1. The van der Waals surface area contributed by atoms with Crippen molar-refractivity contribution in [1.29, 1.82) is 0 Å². The maximum absolute atomic E-state index is 12.9. The first-order chi connectivity index (χ1) is 12.0. The van der Waals surface area contributed by atoms with Crippen LogP contribution in [0.25, 0.3) is 21.3 Å². The van der Waals surface area contributed by atoms with Gasteiger partial charge in [0.05, 0.1) is 17.8 Å². The van der Waals surface area contributed by atoms with Crippen LogP contribution in [0.1, 0.15) is 25.1 Å². The van der Waals surface area contributed by atoms with Gasteiger partial charge in [0.2, 0.25) is 0 Å². The lowest BCUT2D eigenvalue weighted by Gasteiger charge is -2.11. The molecule has 0 aliphatic carbocycles. The van der Waals surface area contributed by atoms with Gasteiger partial charge in [0.1, 0.15) is 11.4 Å². The van der Waals surface area contributed by atoms with Crippen molar-refractivity contribution in [2.75, 3.05) is 0 Å². The summed E-state index contributed by atoms with van der Waals surface area (Å²) in [6.45, 7) is 5.63.